The zero-order chi connectivity index (χ0) is 25.6. The van der Waals surface area contributed by atoms with Crippen LogP contribution in [0.2, 0.25) is 0 Å². The molecule has 1 saturated carbocycles. The molecule has 2 heterocycles. The van der Waals surface area contributed by atoms with Crippen LogP contribution in [0, 0.1) is 17.7 Å². The minimum atomic E-state index is 0.0271. The first-order valence-corrected chi connectivity index (χ1v) is 14.5. The van der Waals surface area contributed by atoms with Crippen LogP contribution in [0.5, 0.6) is 0 Å². The topological polar surface area (TPSA) is 24.1 Å². The van der Waals surface area contributed by atoms with Gasteiger partial charge in [0.2, 0.25) is 0 Å². The van der Waals surface area contributed by atoms with Gasteiger partial charge in [-0.1, -0.05) is 25.0 Å². The van der Waals surface area contributed by atoms with E-state index in [9.17, 15) is 0 Å². The standard InChI is InChI=1S/C32H53FN2/c1-29(2)18-23(19-30(3,4)34-29)10-9-22-11-13-24(14-12-22)25-15-16-27(28(33)17-25)26-20-31(5,6)35-32(7,8)21-26/h15-17,22-24,26,34-35H,9-14,18-21H2,1-8H3. The minimum Gasteiger partial charge on any atom is -0.307 e. The van der Waals surface area contributed by atoms with E-state index in [2.05, 4.69) is 78.2 Å². The maximum atomic E-state index is 15.4. The van der Waals surface area contributed by atoms with Gasteiger partial charge in [0.25, 0.3) is 0 Å². The van der Waals surface area contributed by atoms with Gasteiger partial charge in [-0.15, -0.1) is 0 Å². The van der Waals surface area contributed by atoms with E-state index in [-0.39, 0.29) is 33.9 Å². The lowest BCUT2D eigenvalue weighted by molar-refractivity contribution is 0.116. The van der Waals surface area contributed by atoms with Crippen molar-refractivity contribution < 1.29 is 4.39 Å². The molecule has 3 aliphatic rings. The monoisotopic (exact) mass is 484 g/mol. The maximum Gasteiger partial charge on any atom is 0.126 e. The first-order valence-electron chi connectivity index (χ1n) is 14.5. The molecular formula is C32H53FN2. The van der Waals surface area contributed by atoms with Crippen molar-refractivity contribution in [2.45, 2.75) is 154 Å². The van der Waals surface area contributed by atoms with Crippen LogP contribution in [0.3, 0.4) is 0 Å². The molecule has 4 rings (SSSR count). The minimum absolute atomic E-state index is 0.0271. The molecule has 0 radical (unpaired) electrons. The molecule has 0 unspecified atom stereocenters. The van der Waals surface area contributed by atoms with Crippen LogP contribution in [0.15, 0.2) is 18.2 Å². The molecule has 0 spiro atoms. The van der Waals surface area contributed by atoms with Gasteiger partial charge < -0.3 is 10.6 Å². The number of nitrogens with one attached hydrogen (secondary N) is 2. The van der Waals surface area contributed by atoms with Crippen LogP contribution in [-0.2, 0) is 0 Å². The van der Waals surface area contributed by atoms with Crippen LogP contribution in [0.25, 0.3) is 0 Å². The normalized spacial score (nSPS) is 30.8. The van der Waals surface area contributed by atoms with Gasteiger partial charge >= 0.3 is 0 Å². The first-order chi connectivity index (χ1) is 16.1. The van der Waals surface area contributed by atoms with Crippen molar-refractivity contribution in [1.82, 2.24) is 10.6 Å². The lowest BCUT2D eigenvalue weighted by Gasteiger charge is -2.47. The van der Waals surface area contributed by atoms with Gasteiger partial charge in [-0.05, 0) is 148 Å². The second kappa shape index (κ2) is 9.75. The summed E-state index contributed by atoms with van der Waals surface area (Å²) >= 11 is 0. The lowest BCUT2D eigenvalue weighted by Crippen LogP contribution is -2.57. The third-order valence-electron chi connectivity index (χ3n) is 9.23. The molecule has 2 aliphatic heterocycles. The van der Waals surface area contributed by atoms with Gasteiger partial charge in [0, 0.05) is 22.2 Å². The van der Waals surface area contributed by atoms with Crippen molar-refractivity contribution in [3.8, 4) is 0 Å². The van der Waals surface area contributed by atoms with Crippen molar-refractivity contribution in [1.29, 1.82) is 0 Å². The fraction of sp³-hybridized carbons (Fsp3) is 0.812. The summed E-state index contributed by atoms with van der Waals surface area (Å²) in [4.78, 5) is 0. The van der Waals surface area contributed by atoms with Crippen molar-refractivity contribution >= 4 is 0 Å². The summed E-state index contributed by atoms with van der Waals surface area (Å²) in [5.41, 5.74) is 2.74. The predicted molar refractivity (Wildman–Crippen MR) is 148 cm³/mol. The summed E-state index contributed by atoms with van der Waals surface area (Å²) in [7, 11) is 0. The molecule has 1 aliphatic carbocycles. The average Bonchev–Trinajstić information content (AvgIpc) is 2.68. The van der Waals surface area contributed by atoms with Crippen molar-refractivity contribution in [3.63, 3.8) is 0 Å². The van der Waals surface area contributed by atoms with E-state index in [1.165, 1.54) is 56.9 Å². The van der Waals surface area contributed by atoms with Gasteiger partial charge in [0.15, 0.2) is 0 Å². The molecular weight excluding hydrogens is 431 g/mol. The molecule has 1 aromatic rings. The van der Waals surface area contributed by atoms with E-state index in [1.807, 2.05) is 6.07 Å². The molecule has 3 fully saturated rings. The summed E-state index contributed by atoms with van der Waals surface area (Å²) < 4.78 is 15.4. The van der Waals surface area contributed by atoms with E-state index in [0.717, 1.165) is 30.2 Å². The third kappa shape index (κ3) is 7.10. The number of piperidine rings is 2. The number of rotatable bonds is 5. The second-order valence-corrected chi connectivity index (χ2v) is 15.2. The van der Waals surface area contributed by atoms with Crippen LogP contribution in [0.1, 0.15) is 143 Å². The van der Waals surface area contributed by atoms with Crippen LogP contribution in [-0.4, -0.2) is 22.2 Å². The summed E-state index contributed by atoms with van der Waals surface area (Å²) in [5.74, 6) is 2.55. The molecule has 0 aromatic heterocycles. The first kappa shape index (κ1) is 27.1. The second-order valence-electron chi connectivity index (χ2n) is 15.2. The summed E-state index contributed by atoms with van der Waals surface area (Å²) in [6, 6.07) is 6.27. The van der Waals surface area contributed by atoms with Gasteiger partial charge in [-0.2, -0.15) is 0 Å². The van der Waals surface area contributed by atoms with E-state index >= 15 is 4.39 Å². The molecule has 35 heavy (non-hydrogen) atoms. The zero-order valence-corrected chi connectivity index (χ0v) is 24.0. The molecule has 198 valence electrons. The highest BCUT2D eigenvalue weighted by molar-refractivity contribution is 5.31. The van der Waals surface area contributed by atoms with Gasteiger partial charge in [-0.3, -0.25) is 0 Å². The Balaban J connectivity index is 1.31. The van der Waals surface area contributed by atoms with E-state index < -0.39 is 0 Å². The fourth-order valence-electron chi connectivity index (χ4n) is 8.66. The SMILES string of the molecule is CC1(C)CC(CCC2CCC(c3ccc(C4CC(C)(C)NC(C)(C)C4)c(F)c3)CC2)CC(C)(C)N1. The molecule has 2 nitrogen and oxygen atoms in total. The van der Waals surface area contributed by atoms with Crippen molar-refractivity contribution in [2.24, 2.45) is 11.8 Å². The Morgan fingerprint density at radius 3 is 1.66 bits per heavy atom. The molecule has 2 N–H and O–H groups in total. The summed E-state index contributed by atoms with van der Waals surface area (Å²) in [5, 5.41) is 7.56. The Labute approximate surface area is 215 Å². The van der Waals surface area contributed by atoms with Gasteiger partial charge in [0.1, 0.15) is 5.82 Å². The Kier molecular flexibility index (Phi) is 7.55. The summed E-state index contributed by atoms with van der Waals surface area (Å²) in [6.07, 6.45) is 12.4. The number of benzene rings is 1. The Morgan fingerprint density at radius 2 is 1.14 bits per heavy atom. The molecule has 2 saturated heterocycles. The van der Waals surface area contributed by atoms with E-state index in [4.69, 9.17) is 0 Å². The third-order valence-corrected chi connectivity index (χ3v) is 9.23. The highest BCUT2D eigenvalue weighted by atomic mass is 19.1. The molecule has 0 atom stereocenters. The molecule has 3 heteroatoms. The van der Waals surface area contributed by atoms with Crippen LogP contribution in [0.4, 0.5) is 4.39 Å². The molecule has 1 aromatic carbocycles. The largest absolute Gasteiger partial charge is 0.307 e. The zero-order valence-electron chi connectivity index (χ0n) is 24.0. The lowest BCUT2D eigenvalue weighted by atomic mass is 9.71. The van der Waals surface area contributed by atoms with Gasteiger partial charge in [0.05, 0.1) is 0 Å². The predicted octanol–water partition coefficient (Wildman–Crippen LogP) is 8.46. The molecule has 0 amide bonds. The van der Waals surface area contributed by atoms with E-state index in [0.29, 0.717) is 5.92 Å². The molecule has 0 bridgehead atoms. The summed E-state index contributed by atoms with van der Waals surface area (Å²) in [6.45, 7) is 18.5. The van der Waals surface area contributed by atoms with E-state index in [1.54, 1.807) is 0 Å². The Morgan fingerprint density at radius 1 is 0.657 bits per heavy atom. The Hall–Kier alpha value is -0.930. The quantitative estimate of drug-likeness (QED) is 0.438. The van der Waals surface area contributed by atoms with Crippen molar-refractivity contribution in [2.75, 3.05) is 0 Å². The average molecular weight is 485 g/mol. The fourth-order valence-corrected chi connectivity index (χ4v) is 8.66. The smallest absolute Gasteiger partial charge is 0.126 e. The number of halogens is 1. The van der Waals surface area contributed by atoms with Crippen LogP contribution >= 0.6 is 0 Å². The Bertz CT molecular complexity index is 844. The number of hydrogen-bond donors (Lipinski definition) is 2. The number of hydrogen-bond acceptors (Lipinski definition) is 2. The highest BCUT2D eigenvalue weighted by Gasteiger charge is 2.40. The highest BCUT2D eigenvalue weighted by Crippen LogP contribution is 2.43. The maximum absolute atomic E-state index is 15.4. The van der Waals surface area contributed by atoms with Crippen LogP contribution < -0.4 is 10.6 Å². The van der Waals surface area contributed by atoms with Crippen molar-refractivity contribution in [3.05, 3.63) is 35.1 Å². The van der Waals surface area contributed by atoms with Gasteiger partial charge in [-0.25, -0.2) is 4.39 Å².